The van der Waals surface area contributed by atoms with Crippen molar-refractivity contribution in [1.82, 2.24) is 15.0 Å². The van der Waals surface area contributed by atoms with E-state index in [-0.39, 0.29) is 0 Å². The summed E-state index contributed by atoms with van der Waals surface area (Å²) in [5, 5.41) is 3.72. The maximum absolute atomic E-state index is 5.11. The summed E-state index contributed by atoms with van der Waals surface area (Å²) in [6.45, 7) is 5.46. The molecule has 0 radical (unpaired) electrons. The molecule has 0 N–H and O–H groups in total. The van der Waals surface area contributed by atoms with Gasteiger partial charge in [-0.05, 0) is 40.6 Å². The molecule has 0 saturated carbocycles. The number of hydrogen-bond donors (Lipinski definition) is 0. The molecule has 2 heterocycles. The van der Waals surface area contributed by atoms with E-state index in [1.807, 2.05) is 0 Å². The lowest BCUT2D eigenvalue weighted by molar-refractivity contribution is 0.325. The van der Waals surface area contributed by atoms with Crippen LogP contribution >= 0.6 is 15.9 Å². The highest BCUT2D eigenvalue weighted by molar-refractivity contribution is 9.10. The molecule has 1 unspecified atom stereocenters. The lowest BCUT2D eigenvalue weighted by Crippen LogP contribution is -2.19. The van der Waals surface area contributed by atoms with Crippen LogP contribution in [0.3, 0.4) is 0 Å². The summed E-state index contributed by atoms with van der Waals surface area (Å²) in [6.07, 6.45) is 1.13. The van der Waals surface area contributed by atoms with Crippen LogP contribution in [-0.4, -0.2) is 34.7 Å². The highest BCUT2D eigenvalue weighted by Gasteiger charge is 2.26. The van der Waals surface area contributed by atoms with Gasteiger partial charge in [0.25, 0.3) is 0 Å². The smallest absolute Gasteiger partial charge is 0.238 e. The summed E-state index contributed by atoms with van der Waals surface area (Å²) < 4.78 is 5.66. The molecule has 5 heteroatoms. The first-order valence-electron chi connectivity index (χ1n) is 4.51. The van der Waals surface area contributed by atoms with Gasteiger partial charge >= 0.3 is 0 Å². The maximum atomic E-state index is 5.11. The van der Waals surface area contributed by atoms with Crippen LogP contribution in [0.15, 0.2) is 9.26 Å². The Labute approximate surface area is 85.4 Å². The fourth-order valence-electron chi connectivity index (χ4n) is 1.70. The van der Waals surface area contributed by atoms with Gasteiger partial charge < -0.3 is 9.42 Å². The molecule has 0 aliphatic carbocycles. The number of hydrogen-bond acceptors (Lipinski definition) is 4. The highest BCUT2D eigenvalue weighted by Crippen LogP contribution is 2.25. The molecule has 0 spiro atoms. The van der Waals surface area contributed by atoms with Crippen molar-refractivity contribution >= 4 is 15.9 Å². The Bertz CT molecular complexity index is 289. The predicted molar refractivity (Wildman–Crippen MR) is 51.5 cm³/mol. The third-order valence-corrected chi connectivity index (χ3v) is 2.81. The van der Waals surface area contributed by atoms with Crippen molar-refractivity contribution in [1.29, 1.82) is 0 Å². The molecule has 0 bridgehead atoms. The van der Waals surface area contributed by atoms with Crippen molar-refractivity contribution < 1.29 is 4.52 Å². The zero-order valence-electron chi connectivity index (χ0n) is 7.53. The topological polar surface area (TPSA) is 42.2 Å². The molecule has 1 fully saturated rings. The third kappa shape index (κ3) is 1.91. The second kappa shape index (κ2) is 3.75. The summed E-state index contributed by atoms with van der Waals surface area (Å²) in [7, 11) is 0. The van der Waals surface area contributed by atoms with Crippen molar-refractivity contribution in [2.45, 2.75) is 19.3 Å². The number of likely N-dealkylation sites (tertiary alicyclic amines) is 1. The Balaban J connectivity index is 2.03. The normalized spacial score (nSPS) is 24.0. The molecule has 1 aliphatic rings. The SMILES string of the molecule is CCN1CCC(c2nc(Br)no2)C1. The minimum absolute atomic E-state index is 0.429. The molecule has 4 nitrogen and oxygen atoms in total. The van der Waals surface area contributed by atoms with E-state index in [0.717, 1.165) is 31.9 Å². The number of rotatable bonds is 2. The summed E-state index contributed by atoms with van der Waals surface area (Å²) >= 11 is 3.18. The van der Waals surface area contributed by atoms with Gasteiger partial charge in [-0.2, -0.15) is 4.98 Å². The Morgan fingerprint density at radius 3 is 3.08 bits per heavy atom. The zero-order chi connectivity index (χ0) is 9.26. The fraction of sp³-hybridized carbons (Fsp3) is 0.750. The quantitative estimate of drug-likeness (QED) is 0.795. The van der Waals surface area contributed by atoms with Gasteiger partial charge in [-0.25, -0.2) is 0 Å². The van der Waals surface area contributed by atoms with E-state index >= 15 is 0 Å². The third-order valence-electron chi connectivity index (χ3n) is 2.49. The molecule has 0 amide bonds. The lowest BCUT2D eigenvalue weighted by Gasteiger charge is -2.10. The monoisotopic (exact) mass is 245 g/mol. The van der Waals surface area contributed by atoms with Crippen LogP contribution in [0, 0.1) is 0 Å². The Hall–Kier alpha value is -0.420. The molecule has 1 saturated heterocycles. The van der Waals surface area contributed by atoms with E-state index in [2.05, 4.69) is 37.9 Å². The first-order chi connectivity index (χ1) is 6.29. The molecular formula is C8H12BrN3O. The Morgan fingerprint density at radius 1 is 1.69 bits per heavy atom. The van der Waals surface area contributed by atoms with Crippen LogP contribution in [0.4, 0.5) is 0 Å². The van der Waals surface area contributed by atoms with Gasteiger partial charge in [0.2, 0.25) is 10.6 Å². The van der Waals surface area contributed by atoms with E-state index in [1.54, 1.807) is 0 Å². The molecule has 1 aromatic rings. The summed E-state index contributed by atoms with van der Waals surface area (Å²) in [5.41, 5.74) is 0. The van der Waals surface area contributed by atoms with E-state index in [1.165, 1.54) is 0 Å². The number of likely N-dealkylation sites (N-methyl/N-ethyl adjacent to an activating group) is 1. The van der Waals surface area contributed by atoms with Crippen LogP contribution in [-0.2, 0) is 0 Å². The van der Waals surface area contributed by atoms with Crippen molar-refractivity contribution in [3.8, 4) is 0 Å². The Kier molecular flexibility index (Phi) is 2.64. The molecule has 13 heavy (non-hydrogen) atoms. The average molecular weight is 246 g/mol. The van der Waals surface area contributed by atoms with Gasteiger partial charge in [-0.3, -0.25) is 0 Å². The van der Waals surface area contributed by atoms with E-state index in [0.29, 0.717) is 10.7 Å². The first-order valence-corrected chi connectivity index (χ1v) is 5.30. The summed E-state index contributed by atoms with van der Waals surface area (Å²) in [4.78, 5) is 6.57. The van der Waals surface area contributed by atoms with Crippen molar-refractivity contribution in [3.63, 3.8) is 0 Å². The minimum atomic E-state index is 0.429. The van der Waals surface area contributed by atoms with Gasteiger partial charge in [0.05, 0.1) is 5.92 Å². The second-order valence-corrected chi connectivity index (χ2v) is 3.99. The Morgan fingerprint density at radius 2 is 2.54 bits per heavy atom. The minimum Gasteiger partial charge on any atom is -0.338 e. The lowest BCUT2D eigenvalue weighted by atomic mass is 10.1. The number of aromatic nitrogens is 2. The van der Waals surface area contributed by atoms with Crippen LogP contribution in [0.5, 0.6) is 0 Å². The maximum Gasteiger partial charge on any atom is 0.238 e. The molecule has 0 aromatic carbocycles. The van der Waals surface area contributed by atoms with Crippen molar-refractivity contribution in [2.24, 2.45) is 0 Å². The van der Waals surface area contributed by atoms with Crippen molar-refractivity contribution in [3.05, 3.63) is 10.6 Å². The molecule has 72 valence electrons. The van der Waals surface area contributed by atoms with Gasteiger partial charge in [0, 0.05) is 6.54 Å². The molecule has 1 aromatic heterocycles. The van der Waals surface area contributed by atoms with Crippen LogP contribution in [0.2, 0.25) is 0 Å². The summed E-state index contributed by atoms with van der Waals surface area (Å²) in [6, 6.07) is 0. The highest BCUT2D eigenvalue weighted by atomic mass is 79.9. The molecule has 2 rings (SSSR count). The second-order valence-electron chi connectivity index (χ2n) is 3.28. The number of nitrogens with zero attached hydrogens (tertiary/aromatic N) is 3. The molecular weight excluding hydrogens is 234 g/mol. The van der Waals surface area contributed by atoms with E-state index in [9.17, 15) is 0 Å². The average Bonchev–Trinajstić information content (AvgIpc) is 2.71. The van der Waals surface area contributed by atoms with Gasteiger partial charge in [0.15, 0.2) is 0 Å². The van der Waals surface area contributed by atoms with Crippen LogP contribution < -0.4 is 0 Å². The van der Waals surface area contributed by atoms with Gasteiger partial charge in [-0.1, -0.05) is 6.92 Å². The van der Waals surface area contributed by atoms with Gasteiger partial charge in [-0.15, -0.1) is 0 Å². The summed E-state index contributed by atoms with van der Waals surface area (Å²) in [5.74, 6) is 1.20. The van der Waals surface area contributed by atoms with E-state index < -0.39 is 0 Å². The zero-order valence-corrected chi connectivity index (χ0v) is 9.12. The first kappa shape index (κ1) is 9.15. The molecule has 1 atom stereocenters. The van der Waals surface area contributed by atoms with Gasteiger partial charge in [0.1, 0.15) is 0 Å². The van der Waals surface area contributed by atoms with Crippen molar-refractivity contribution in [2.75, 3.05) is 19.6 Å². The van der Waals surface area contributed by atoms with Crippen LogP contribution in [0.25, 0.3) is 0 Å². The number of halogens is 1. The molecule has 1 aliphatic heterocycles. The van der Waals surface area contributed by atoms with E-state index in [4.69, 9.17) is 4.52 Å². The van der Waals surface area contributed by atoms with Crippen LogP contribution in [0.1, 0.15) is 25.2 Å². The largest absolute Gasteiger partial charge is 0.338 e. The predicted octanol–water partition coefficient (Wildman–Crippen LogP) is 1.64. The fourth-order valence-corrected chi connectivity index (χ4v) is 1.95. The standard InChI is InChI=1S/C8H12BrN3O/c1-2-12-4-3-6(5-12)7-10-8(9)11-13-7/h6H,2-5H2,1H3.